The fourth-order valence-electron chi connectivity index (χ4n) is 1.20. The first-order valence-electron chi connectivity index (χ1n) is 5.17. The maximum absolute atomic E-state index is 13.2. The van der Waals surface area contributed by atoms with Gasteiger partial charge in [-0.1, -0.05) is 6.08 Å². The average Bonchev–Trinajstić information content (AvgIpc) is 2.40. The van der Waals surface area contributed by atoms with Crippen LogP contribution in [0.2, 0.25) is 0 Å². The van der Waals surface area contributed by atoms with Gasteiger partial charge in [0.1, 0.15) is 5.78 Å². The molecule has 1 nitrogen and oxygen atoms in total. The lowest BCUT2D eigenvalue weighted by molar-refractivity contribution is -0.116. The highest BCUT2D eigenvalue weighted by atomic mass is 32.2. The third-order valence-corrected chi connectivity index (χ3v) is 3.29. The van der Waals surface area contributed by atoms with Gasteiger partial charge in [0.15, 0.2) is 23.3 Å². The number of hydrogen-bond acceptors (Lipinski definition) is 2. The highest BCUT2D eigenvalue weighted by molar-refractivity contribution is 8.00. The Balaban J connectivity index is 2.90. The van der Waals surface area contributed by atoms with Crippen molar-refractivity contribution in [3.63, 3.8) is 0 Å². The van der Waals surface area contributed by atoms with E-state index in [1.54, 1.807) is 0 Å². The predicted molar refractivity (Wildman–Crippen MR) is 61.4 cm³/mol. The predicted octanol–water partition coefficient (Wildman–Crippen LogP) is 4.01. The molecule has 1 aromatic rings. The standard InChI is InChI=1S/C12H9F5OS/c1-2-3-4-6(18)5-19-12-10(16)8(14)7(13)9(15)11(12)17/h2H,1,3-5H2. The van der Waals surface area contributed by atoms with Gasteiger partial charge in [-0.05, 0) is 6.42 Å². The minimum absolute atomic E-state index is 0.103. The van der Waals surface area contributed by atoms with Crippen LogP contribution in [0, 0.1) is 29.1 Å². The molecule has 0 aliphatic rings. The maximum atomic E-state index is 13.2. The molecule has 0 amide bonds. The zero-order valence-corrected chi connectivity index (χ0v) is 10.4. The van der Waals surface area contributed by atoms with Crippen molar-refractivity contribution in [2.75, 3.05) is 5.75 Å². The summed E-state index contributed by atoms with van der Waals surface area (Å²) in [4.78, 5) is 10.2. The van der Waals surface area contributed by atoms with E-state index < -0.39 is 34.0 Å². The Morgan fingerprint density at radius 1 is 1.00 bits per heavy atom. The second kappa shape index (κ2) is 6.70. The molecule has 0 aliphatic heterocycles. The zero-order valence-electron chi connectivity index (χ0n) is 9.61. The highest BCUT2D eigenvalue weighted by Crippen LogP contribution is 2.30. The van der Waals surface area contributed by atoms with E-state index in [0.29, 0.717) is 6.42 Å². The lowest BCUT2D eigenvalue weighted by atomic mass is 10.2. The summed E-state index contributed by atoms with van der Waals surface area (Å²) in [5, 5.41) is 0. The molecule has 0 atom stereocenters. The molecule has 0 aliphatic carbocycles. The van der Waals surface area contributed by atoms with Crippen molar-refractivity contribution in [3.8, 4) is 0 Å². The van der Waals surface area contributed by atoms with Gasteiger partial charge in [-0.15, -0.1) is 18.3 Å². The molecule has 0 fully saturated rings. The van der Waals surface area contributed by atoms with Crippen LogP contribution in [0.4, 0.5) is 22.0 Å². The van der Waals surface area contributed by atoms with Gasteiger partial charge in [0, 0.05) is 6.42 Å². The zero-order chi connectivity index (χ0) is 14.6. The van der Waals surface area contributed by atoms with E-state index in [4.69, 9.17) is 0 Å². The number of allylic oxidation sites excluding steroid dienone is 1. The fourth-order valence-corrected chi connectivity index (χ4v) is 2.08. The molecule has 0 unspecified atom stereocenters. The smallest absolute Gasteiger partial charge is 0.200 e. The van der Waals surface area contributed by atoms with Gasteiger partial charge in [0.25, 0.3) is 0 Å². The number of carbonyl (C=O) groups excluding carboxylic acids is 1. The molecule has 0 saturated carbocycles. The van der Waals surface area contributed by atoms with Gasteiger partial charge < -0.3 is 0 Å². The van der Waals surface area contributed by atoms with E-state index in [1.807, 2.05) is 0 Å². The maximum Gasteiger partial charge on any atom is 0.200 e. The molecule has 0 radical (unpaired) electrons. The van der Waals surface area contributed by atoms with Gasteiger partial charge in [0.2, 0.25) is 5.82 Å². The van der Waals surface area contributed by atoms with E-state index in [9.17, 15) is 26.7 Å². The van der Waals surface area contributed by atoms with Crippen molar-refractivity contribution in [3.05, 3.63) is 41.7 Å². The van der Waals surface area contributed by atoms with Crippen LogP contribution in [0.1, 0.15) is 12.8 Å². The number of thioether (sulfide) groups is 1. The summed E-state index contributed by atoms with van der Waals surface area (Å²) in [6.45, 7) is 3.39. The largest absolute Gasteiger partial charge is 0.299 e. The molecule has 1 rings (SSSR count). The summed E-state index contributed by atoms with van der Waals surface area (Å²) >= 11 is 0.289. The summed E-state index contributed by atoms with van der Waals surface area (Å²) in [7, 11) is 0. The second-order valence-corrected chi connectivity index (χ2v) is 4.54. The highest BCUT2D eigenvalue weighted by Gasteiger charge is 2.26. The van der Waals surface area contributed by atoms with E-state index in [-0.39, 0.29) is 29.7 Å². The van der Waals surface area contributed by atoms with Crippen molar-refractivity contribution in [1.29, 1.82) is 0 Å². The normalized spacial score (nSPS) is 10.6. The Labute approximate surface area is 110 Å². The number of benzene rings is 1. The first-order valence-corrected chi connectivity index (χ1v) is 6.15. The van der Waals surface area contributed by atoms with Gasteiger partial charge in [-0.25, -0.2) is 22.0 Å². The summed E-state index contributed by atoms with van der Waals surface area (Å²) in [5.41, 5.74) is 0. The van der Waals surface area contributed by atoms with Crippen molar-refractivity contribution < 1.29 is 26.7 Å². The minimum atomic E-state index is -2.21. The Morgan fingerprint density at radius 2 is 1.47 bits per heavy atom. The Morgan fingerprint density at radius 3 is 1.95 bits per heavy atom. The summed E-state index contributed by atoms with van der Waals surface area (Å²) in [6, 6.07) is 0. The third-order valence-electron chi connectivity index (χ3n) is 2.17. The first kappa shape index (κ1) is 15.7. The third kappa shape index (κ3) is 3.56. The van der Waals surface area contributed by atoms with Gasteiger partial charge >= 0.3 is 0 Å². The Bertz CT molecular complexity index is 486. The van der Waals surface area contributed by atoms with Crippen molar-refractivity contribution >= 4 is 17.5 Å². The second-order valence-electron chi connectivity index (χ2n) is 3.55. The quantitative estimate of drug-likeness (QED) is 0.259. The van der Waals surface area contributed by atoms with Crippen LogP contribution >= 0.6 is 11.8 Å². The molecule has 19 heavy (non-hydrogen) atoms. The number of carbonyl (C=O) groups is 1. The van der Waals surface area contributed by atoms with Crippen LogP contribution < -0.4 is 0 Å². The monoisotopic (exact) mass is 296 g/mol. The van der Waals surface area contributed by atoms with Crippen LogP contribution in [0.15, 0.2) is 17.6 Å². The summed E-state index contributed by atoms with van der Waals surface area (Å²) < 4.78 is 64.9. The molecule has 0 aromatic heterocycles. The summed E-state index contributed by atoms with van der Waals surface area (Å²) in [6.07, 6.45) is 1.98. The Hall–Kier alpha value is -1.37. The van der Waals surface area contributed by atoms with Crippen LogP contribution in [0.25, 0.3) is 0 Å². The molecule has 0 spiro atoms. The number of hydrogen-bond donors (Lipinski definition) is 0. The van der Waals surface area contributed by atoms with Crippen molar-refractivity contribution in [1.82, 2.24) is 0 Å². The Kier molecular flexibility index (Phi) is 5.53. The number of halogens is 5. The molecule has 7 heteroatoms. The first-order chi connectivity index (χ1) is 8.90. The average molecular weight is 296 g/mol. The van der Waals surface area contributed by atoms with E-state index in [1.165, 1.54) is 6.08 Å². The fraction of sp³-hybridized carbons (Fsp3) is 0.250. The molecule has 0 bridgehead atoms. The van der Waals surface area contributed by atoms with Gasteiger partial charge in [-0.2, -0.15) is 0 Å². The SMILES string of the molecule is C=CCCC(=O)CSc1c(F)c(F)c(F)c(F)c1F. The van der Waals surface area contributed by atoms with Gasteiger partial charge in [-0.3, -0.25) is 4.79 Å². The van der Waals surface area contributed by atoms with Crippen molar-refractivity contribution in [2.45, 2.75) is 17.7 Å². The van der Waals surface area contributed by atoms with Gasteiger partial charge in [0.05, 0.1) is 10.6 Å². The van der Waals surface area contributed by atoms with E-state index in [0.717, 1.165) is 0 Å². The minimum Gasteiger partial charge on any atom is -0.299 e. The van der Waals surface area contributed by atoms with Crippen molar-refractivity contribution in [2.24, 2.45) is 0 Å². The molecular weight excluding hydrogens is 287 g/mol. The number of rotatable bonds is 6. The van der Waals surface area contributed by atoms with Crippen LogP contribution in [-0.2, 0) is 4.79 Å². The lowest BCUT2D eigenvalue weighted by Crippen LogP contribution is -2.06. The molecule has 0 saturated heterocycles. The molecule has 0 N–H and O–H groups in total. The van der Waals surface area contributed by atoms with Crippen LogP contribution in [-0.4, -0.2) is 11.5 Å². The van der Waals surface area contributed by atoms with E-state index in [2.05, 4.69) is 6.58 Å². The topological polar surface area (TPSA) is 17.1 Å². The lowest BCUT2D eigenvalue weighted by Gasteiger charge is -2.07. The number of ketones is 1. The molecule has 1 aromatic carbocycles. The number of Topliss-reactive ketones (excluding diaryl/α,β-unsaturated/α-hetero) is 1. The molecule has 104 valence electrons. The van der Waals surface area contributed by atoms with E-state index >= 15 is 0 Å². The summed E-state index contributed by atoms with van der Waals surface area (Å²) in [5.74, 6) is -10.8. The van der Waals surface area contributed by atoms with Crippen LogP contribution in [0.3, 0.4) is 0 Å². The van der Waals surface area contributed by atoms with Crippen LogP contribution in [0.5, 0.6) is 0 Å². The molecular formula is C12H9F5OS. The molecule has 0 heterocycles.